The van der Waals surface area contributed by atoms with Crippen LogP contribution in [-0.2, 0) is 9.59 Å². The molecule has 65 heavy (non-hydrogen) atoms. The summed E-state index contributed by atoms with van der Waals surface area (Å²) in [4.78, 5) is 66.4. The molecule has 4 amide bonds. The van der Waals surface area contributed by atoms with Gasteiger partial charge < -0.3 is 29.9 Å². The third-order valence-electron chi connectivity index (χ3n) is 12.1. The summed E-state index contributed by atoms with van der Waals surface area (Å²) in [6, 6.07) is 30.4. The predicted molar refractivity (Wildman–Crippen MR) is 251 cm³/mol. The van der Waals surface area contributed by atoms with Crippen molar-refractivity contribution in [1.29, 1.82) is 0 Å². The van der Waals surface area contributed by atoms with Crippen LogP contribution in [0.1, 0.15) is 59.5 Å². The van der Waals surface area contributed by atoms with Gasteiger partial charge in [0.25, 0.3) is 11.8 Å². The standard InChI is InChI=1S/C49H44Cl2N8O6/c1-64-40-11-3-9-34-36(40)25-42(50)54-46(34)48(62)58-21-5-7-32(58)23-44(60)52-30-17-13-28(14-18-30)38-27-39(57-56-38)29-15-19-31(20-16-29)53-45(61)24-33-8-6-22-59(33)49(63)47-35-10-4-12-41(65-2)37(35)26-43(51)55-47/h3-4,9-20,25-27,32-33H,5-8,21-24H2,1-2H3,(H,52,60)(H,53,61)(H,56,57)/t32-,33-/m0/s1. The van der Waals surface area contributed by atoms with Gasteiger partial charge in [-0.25, -0.2) is 9.97 Å². The average Bonchev–Trinajstić information content (AvgIpc) is 4.10. The highest BCUT2D eigenvalue weighted by Crippen LogP contribution is 2.34. The maximum Gasteiger partial charge on any atom is 0.273 e. The van der Waals surface area contributed by atoms with Gasteiger partial charge in [-0.15, -0.1) is 0 Å². The Morgan fingerprint density at radius 3 is 1.55 bits per heavy atom. The summed E-state index contributed by atoms with van der Waals surface area (Å²) in [7, 11) is 3.13. The molecule has 2 aliphatic rings. The van der Waals surface area contributed by atoms with Gasteiger partial charge in [-0.1, -0.05) is 71.7 Å². The number of pyridine rings is 2. The number of H-pyrrole nitrogens is 1. The Hall–Kier alpha value is -7.03. The number of nitrogens with one attached hydrogen (secondary N) is 3. The molecule has 0 aliphatic carbocycles. The van der Waals surface area contributed by atoms with Crippen molar-refractivity contribution in [1.82, 2.24) is 30.0 Å². The molecule has 4 aromatic carbocycles. The van der Waals surface area contributed by atoms with Crippen molar-refractivity contribution in [2.45, 2.75) is 50.6 Å². The first kappa shape index (κ1) is 43.2. The van der Waals surface area contributed by atoms with E-state index in [9.17, 15) is 19.2 Å². The van der Waals surface area contributed by atoms with E-state index in [1.165, 1.54) is 0 Å². The second-order valence-electron chi connectivity index (χ2n) is 16.1. The van der Waals surface area contributed by atoms with Crippen LogP contribution in [0.25, 0.3) is 44.1 Å². The van der Waals surface area contributed by atoms with Crippen LogP contribution >= 0.6 is 23.2 Å². The number of carbonyl (C=O) groups excluding carboxylic acids is 4. The van der Waals surface area contributed by atoms with E-state index in [0.717, 1.165) is 29.7 Å². The Morgan fingerprint density at radius 2 is 1.09 bits per heavy atom. The third-order valence-corrected chi connectivity index (χ3v) is 12.5. The molecule has 9 rings (SSSR count). The lowest BCUT2D eigenvalue weighted by Gasteiger charge is -2.25. The molecular weight excluding hydrogens is 867 g/mol. The van der Waals surface area contributed by atoms with Crippen molar-refractivity contribution in [3.8, 4) is 34.0 Å². The summed E-state index contributed by atoms with van der Waals surface area (Å²) >= 11 is 12.7. The molecule has 5 heterocycles. The number of aromatic nitrogens is 4. The van der Waals surface area contributed by atoms with Gasteiger partial charge in [0.1, 0.15) is 33.2 Å². The average molecular weight is 912 g/mol. The van der Waals surface area contributed by atoms with E-state index < -0.39 is 0 Å². The first-order valence-electron chi connectivity index (χ1n) is 21.3. The minimum atomic E-state index is -0.289. The Labute approximate surface area is 384 Å². The molecule has 14 nitrogen and oxygen atoms in total. The number of aromatic amines is 1. The van der Waals surface area contributed by atoms with Gasteiger partial charge in [0.2, 0.25) is 11.8 Å². The zero-order chi connectivity index (χ0) is 45.2. The fourth-order valence-corrected chi connectivity index (χ4v) is 9.33. The molecule has 0 bridgehead atoms. The molecule has 0 spiro atoms. The number of ether oxygens (including phenoxy) is 2. The summed E-state index contributed by atoms with van der Waals surface area (Å²) in [5, 5.41) is 16.6. The summed E-state index contributed by atoms with van der Waals surface area (Å²) in [5.41, 5.74) is 4.94. The lowest BCUT2D eigenvalue weighted by molar-refractivity contribution is -0.117. The first-order chi connectivity index (χ1) is 31.6. The summed E-state index contributed by atoms with van der Waals surface area (Å²) in [6.07, 6.45) is 3.22. The first-order valence-corrected chi connectivity index (χ1v) is 22.1. The molecule has 2 aliphatic heterocycles. The number of halogens is 2. The molecule has 3 N–H and O–H groups in total. The number of rotatable bonds is 12. The van der Waals surface area contributed by atoms with Gasteiger partial charge in [-0.2, -0.15) is 5.10 Å². The van der Waals surface area contributed by atoms with Crippen LogP contribution in [0.15, 0.2) is 103 Å². The number of likely N-dealkylation sites (tertiary alicyclic amines) is 2. The topological polar surface area (TPSA) is 172 Å². The van der Waals surface area contributed by atoms with E-state index in [0.29, 0.717) is 76.0 Å². The Morgan fingerprint density at radius 1 is 0.631 bits per heavy atom. The number of hydrogen-bond acceptors (Lipinski definition) is 9. The fraction of sp³-hybridized carbons (Fsp3) is 0.245. The van der Waals surface area contributed by atoms with E-state index >= 15 is 0 Å². The lowest BCUT2D eigenvalue weighted by Crippen LogP contribution is -2.38. The van der Waals surface area contributed by atoms with Crippen molar-refractivity contribution in [2.24, 2.45) is 0 Å². The largest absolute Gasteiger partial charge is 0.496 e. The van der Waals surface area contributed by atoms with Crippen LogP contribution in [0.3, 0.4) is 0 Å². The normalized spacial score (nSPS) is 15.9. The maximum absolute atomic E-state index is 13.8. The molecule has 0 unspecified atom stereocenters. The van der Waals surface area contributed by atoms with E-state index in [1.54, 1.807) is 48.3 Å². The second kappa shape index (κ2) is 18.6. The third kappa shape index (κ3) is 9.04. The van der Waals surface area contributed by atoms with E-state index in [4.69, 9.17) is 32.7 Å². The number of hydrogen-bond donors (Lipinski definition) is 3. The van der Waals surface area contributed by atoms with E-state index in [-0.39, 0.29) is 70.2 Å². The predicted octanol–water partition coefficient (Wildman–Crippen LogP) is 9.43. The molecule has 16 heteroatoms. The second-order valence-corrected chi connectivity index (χ2v) is 16.9. The molecule has 7 aromatic rings. The van der Waals surface area contributed by atoms with Crippen LogP contribution in [0.4, 0.5) is 11.4 Å². The van der Waals surface area contributed by atoms with Crippen LogP contribution in [0.2, 0.25) is 10.3 Å². The van der Waals surface area contributed by atoms with Crippen molar-refractivity contribution < 1.29 is 28.7 Å². The Balaban J connectivity index is 0.786. The highest BCUT2D eigenvalue weighted by Gasteiger charge is 2.34. The zero-order valence-electron chi connectivity index (χ0n) is 35.6. The number of anilines is 2. The summed E-state index contributed by atoms with van der Waals surface area (Å²) in [5.74, 6) is 0.250. The van der Waals surface area contributed by atoms with Gasteiger partial charge in [0.15, 0.2) is 0 Å². The van der Waals surface area contributed by atoms with Gasteiger partial charge in [-0.05, 0) is 85.8 Å². The quantitative estimate of drug-likeness (QED) is 0.101. The van der Waals surface area contributed by atoms with Crippen LogP contribution in [-0.4, -0.2) is 93.0 Å². The van der Waals surface area contributed by atoms with Gasteiger partial charge in [-0.3, -0.25) is 24.3 Å². The number of fused-ring (bicyclic) bond motifs is 2. The van der Waals surface area contributed by atoms with Gasteiger partial charge in [0.05, 0.1) is 25.6 Å². The van der Waals surface area contributed by atoms with Crippen molar-refractivity contribution >= 4 is 79.8 Å². The number of amides is 4. The van der Waals surface area contributed by atoms with Crippen LogP contribution in [0, 0.1) is 0 Å². The molecule has 330 valence electrons. The molecule has 2 saturated heterocycles. The molecule has 2 atom stereocenters. The van der Waals surface area contributed by atoms with Crippen LogP contribution in [0.5, 0.6) is 11.5 Å². The number of carbonyl (C=O) groups is 4. The summed E-state index contributed by atoms with van der Waals surface area (Å²) < 4.78 is 11.0. The smallest absolute Gasteiger partial charge is 0.273 e. The molecule has 3 aromatic heterocycles. The highest BCUT2D eigenvalue weighted by molar-refractivity contribution is 6.31. The Bertz CT molecular complexity index is 2760. The van der Waals surface area contributed by atoms with Crippen molar-refractivity contribution in [3.05, 3.63) is 125 Å². The maximum atomic E-state index is 13.8. The molecule has 0 saturated carbocycles. The minimum Gasteiger partial charge on any atom is -0.496 e. The fourth-order valence-electron chi connectivity index (χ4n) is 8.95. The number of nitrogens with zero attached hydrogens (tertiary/aromatic N) is 5. The monoisotopic (exact) mass is 910 g/mol. The zero-order valence-corrected chi connectivity index (χ0v) is 37.1. The molecule has 0 radical (unpaired) electrons. The van der Waals surface area contributed by atoms with Gasteiger partial charge >= 0.3 is 0 Å². The lowest BCUT2D eigenvalue weighted by atomic mass is 10.1. The highest BCUT2D eigenvalue weighted by atomic mass is 35.5. The van der Waals surface area contributed by atoms with E-state index in [1.807, 2.05) is 78.9 Å². The minimum absolute atomic E-state index is 0.137. The van der Waals surface area contributed by atoms with Crippen molar-refractivity contribution in [3.63, 3.8) is 0 Å². The SMILES string of the molecule is COc1cccc2c(C(=O)N3CCC[C@H]3CC(=O)Nc3ccc(-c4cc(-c5ccc(NC(=O)C[C@@H]6CCCN6C(=O)c6nc(Cl)cc7c(OC)cccc67)cc5)[nH]n4)cc3)nc(Cl)cc12. The van der Waals surface area contributed by atoms with Gasteiger partial charge in [0, 0.05) is 76.5 Å². The van der Waals surface area contributed by atoms with Crippen LogP contribution < -0.4 is 20.1 Å². The number of benzene rings is 4. The van der Waals surface area contributed by atoms with E-state index in [2.05, 4.69) is 30.8 Å². The number of methoxy groups -OCH3 is 2. The van der Waals surface area contributed by atoms with Crippen molar-refractivity contribution in [2.75, 3.05) is 37.9 Å². The summed E-state index contributed by atoms with van der Waals surface area (Å²) in [6.45, 7) is 1.03. The molecule has 2 fully saturated rings. The Kier molecular flexibility index (Phi) is 12.4. The molecular formula is C49H44Cl2N8O6.